The van der Waals surface area contributed by atoms with Crippen molar-refractivity contribution in [2.24, 2.45) is 0 Å². The number of fused-ring (bicyclic) bond motifs is 1. The molecule has 1 aromatic carbocycles. The van der Waals surface area contributed by atoms with Gasteiger partial charge < -0.3 is 9.47 Å². The van der Waals surface area contributed by atoms with Gasteiger partial charge in [0, 0.05) is 7.11 Å². The molecule has 0 aliphatic heterocycles. The number of carbonyl (C=O) groups excluding carboxylic acids is 1. The van der Waals surface area contributed by atoms with Gasteiger partial charge in [-0.3, -0.25) is 14.2 Å². The Kier molecular flexibility index (Phi) is 5.17. The molecule has 0 saturated carbocycles. The van der Waals surface area contributed by atoms with E-state index >= 15 is 0 Å². The fourth-order valence-electron chi connectivity index (χ4n) is 1.81. The van der Waals surface area contributed by atoms with Crippen LogP contribution in [0, 0.1) is 0 Å². The van der Waals surface area contributed by atoms with Crippen LogP contribution in [-0.4, -0.2) is 36.2 Å². The Labute approximate surface area is 124 Å². The minimum absolute atomic E-state index is 0.125. The van der Waals surface area contributed by atoms with E-state index in [1.165, 1.54) is 11.7 Å². The van der Waals surface area contributed by atoms with Crippen LogP contribution in [0.3, 0.4) is 0 Å². The zero-order valence-corrected chi connectivity index (χ0v) is 12.4. The molecule has 0 unspecified atom stereocenters. The largest absolute Gasteiger partial charge is 0.457 e. The van der Waals surface area contributed by atoms with Crippen molar-refractivity contribution in [3.05, 3.63) is 33.9 Å². The molecule has 0 aliphatic rings. The Morgan fingerprint density at radius 2 is 2.20 bits per heavy atom. The van der Waals surface area contributed by atoms with Crippen LogP contribution in [0.4, 0.5) is 0 Å². The van der Waals surface area contributed by atoms with Crippen LogP contribution in [0.2, 0.25) is 0 Å². The van der Waals surface area contributed by atoms with Gasteiger partial charge in [-0.25, -0.2) is 0 Å². The molecule has 2 rings (SSSR count). The van der Waals surface area contributed by atoms with E-state index in [1.807, 2.05) is 18.2 Å². The first-order valence-corrected chi connectivity index (χ1v) is 7.33. The van der Waals surface area contributed by atoms with Crippen molar-refractivity contribution in [3.8, 4) is 0 Å². The lowest BCUT2D eigenvalue weighted by molar-refractivity contribution is -0.150. The first-order chi connectivity index (χ1) is 9.65. The second kappa shape index (κ2) is 6.88. The normalized spacial score (nSPS) is 12.5. The van der Waals surface area contributed by atoms with Crippen LogP contribution in [0.25, 0.3) is 10.2 Å². The van der Waals surface area contributed by atoms with Crippen LogP contribution in [0.5, 0.6) is 0 Å². The van der Waals surface area contributed by atoms with Gasteiger partial charge in [0.1, 0.15) is 12.6 Å². The van der Waals surface area contributed by atoms with Crippen LogP contribution < -0.4 is 4.87 Å². The van der Waals surface area contributed by atoms with Crippen molar-refractivity contribution < 1.29 is 14.3 Å². The van der Waals surface area contributed by atoms with Crippen LogP contribution in [0.15, 0.2) is 29.1 Å². The molecule has 7 heteroatoms. The Balaban J connectivity index is 2.14. The summed E-state index contributed by atoms with van der Waals surface area (Å²) in [6.45, 7) is 0.106. The first kappa shape index (κ1) is 15.0. The lowest BCUT2D eigenvalue weighted by atomic mass is 10.3. The Morgan fingerprint density at radius 1 is 1.45 bits per heavy atom. The van der Waals surface area contributed by atoms with Crippen molar-refractivity contribution in [2.45, 2.75) is 12.6 Å². The highest BCUT2D eigenvalue weighted by molar-refractivity contribution is 7.16. The van der Waals surface area contributed by atoms with Crippen molar-refractivity contribution in [1.82, 2.24) is 4.57 Å². The maximum Gasteiger partial charge on any atom is 0.326 e. The molecule has 0 saturated heterocycles. The highest BCUT2D eigenvalue weighted by Crippen LogP contribution is 2.16. The van der Waals surface area contributed by atoms with Crippen molar-refractivity contribution in [3.63, 3.8) is 0 Å². The number of carbonyl (C=O) groups is 1. The summed E-state index contributed by atoms with van der Waals surface area (Å²) in [5.41, 5.74) is 0.730. The maximum atomic E-state index is 11.9. The summed E-state index contributed by atoms with van der Waals surface area (Å²) in [6, 6.07) is 7.32. The predicted molar refractivity (Wildman–Crippen MR) is 78.6 cm³/mol. The molecule has 0 fully saturated rings. The number of aromatic nitrogens is 1. The zero-order valence-electron chi connectivity index (χ0n) is 10.9. The molecule has 1 heterocycles. The Bertz CT molecular complexity index is 651. The van der Waals surface area contributed by atoms with Crippen LogP contribution in [-0.2, 0) is 20.8 Å². The average molecular weight is 316 g/mol. The van der Waals surface area contributed by atoms with Gasteiger partial charge in [0.25, 0.3) is 0 Å². The molecule has 1 aromatic heterocycles. The molecule has 1 atom stereocenters. The number of nitrogens with zero attached hydrogens (tertiary/aromatic N) is 1. The molecule has 2 aromatic rings. The van der Waals surface area contributed by atoms with Crippen LogP contribution in [0.1, 0.15) is 0 Å². The summed E-state index contributed by atoms with van der Waals surface area (Å²) >= 11 is 6.78. The highest BCUT2D eigenvalue weighted by atomic mass is 35.5. The highest BCUT2D eigenvalue weighted by Gasteiger charge is 2.16. The van der Waals surface area contributed by atoms with Crippen molar-refractivity contribution in [1.29, 1.82) is 0 Å². The molecular formula is C13H14ClNO4S. The van der Waals surface area contributed by atoms with Gasteiger partial charge in [0.15, 0.2) is 0 Å². The molecule has 0 radical (unpaired) electrons. The van der Waals surface area contributed by atoms with Gasteiger partial charge in [-0.15, -0.1) is 11.6 Å². The number of methoxy groups -OCH3 is 1. The third-order valence-corrected chi connectivity index (χ3v) is 3.99. The molecular weight excluding hydrogens is 302 g/mol. The topological polar surface area (TPSA) is 57.5 Å². The number of alkyl halides is 1. The molecule has 0 amide bonds. The number of hydrogen-bond acceptors (Lipinski definition) is 5. The number of esters is 1. The summed E-state index contributed by atoms with van der Waals surface area (Å²) in [5.74, 6) is -0.350. The van der Waals surface area contributed by atoms with E-state index in [9.17, 15) is 9.59 Å². The van der Waals surface area contributed by atoms with Crippen molar-refractivity contribution >= 4 is 39.1 Å². The number of halogens is 1. The fraction of sp³-hybridized carbons (Fsp3) is 0.385. The zero-order chi connectivity index (χ0) is 14.5. The van der Waals surface area contributed by atoms with E-state index in [0.29, 0.717) is 0 Å². The van der Waals surface area contributed by atoms with Gasteiger partial charge >= 0.3 is 10.8 Å². The minimum Gasteiger partial charge on any atom is -0.457 e. The smallest absolute Gasteiger partial charge is 0.326 e. The summed E-state index contributed by atoms with van der Waals surface area (Å²) < 4.78 is 12.3. The second-order valence-corrected chi connectivity index (χ2v) is 5.45. The summed E-state index contributed by atoms with van der Waals surface area (Å²) in [4.78, 5) is 23.6. The van der Waals surface area contributed by atoms with E-state index in [4.69, 9.17) is 21.1 Å². The van der Waals surface area contributed by atoms with E-state index in [2.05, 4.69) is 0 Å². The van der Waals surface area contributed by atoms with Gasteiger partial charge in [-0.2, -0.15) is 0 Å². The number of ether oxygens (including phenoxy) is 2. The third-order valence-electron chi connectivity index (χ3n) is 2.68. The van der Waals surface area contributed by atoms with Gasteiger partial charge in [-0.1, -0.05) is 23.5 Å². The first-order valence-electron chi connectivity index (χ1n) is 5.98. The molecule has 0 aliphatic carbocycles. The molecule has 20 heavy (non-hydrogen) atoms. The van der Waals surface area contributed by atoms with Crippen LogP contribution >= 0.6 is 22.9 Å². The number of thiazole rings is 1. The minimum atomic E-state index is -0.505. The molecule has 0 bridgehead atoms. The molecule has 108 valence electrons. The average Bonchev–Trinajstić information content (AvgIpc) is 2.75. The second-order valence-electron chi connectivity index (χ2n) is 4.14. The van der Waals surface area contributed by atoms with Gasteiger partial charge in [0.2, 0.25) is 0 Å². The monoisotopic (exact) mass is 315 g/mol. The third kappa shape index (κ3) is 3.39. The molecule has 0 N–H and O–H groups in total. The van der Waals surface area contributed by atoms with E-state index in [-0.39, 0.29) is 23.9 Å². The summed E-state index contributed by atoms with van der Waals surface area (Å²) in [6.07, 6.45) is -0.505. The lowest BCUT2D eigenvalue weighted by Gasteiger charge is -2.14. The Hall–Kier alpha value is -1.37. The standard InChI is InChI=1S/C13H14ClNO4S/c1-18-8-9(6-14)19-12(16)7-15-10-4-2-3-5-11(10)20-13(15)17/h2-5,9H,6-8H2,1H3/t9-/m0/s1. The summed E-state index contributed by atoms with van der Waals surface area (Å²) in [7, 11) is 1.50. The number of benzene rings is 1. The Morgan fingerprint density at radius 3 is 2.90 bits per heavy atom. The number of rotatable bonds is 6. The fourth-order valence-corrected chi connectivity index (χ4v) is 2.85. The predicted octanol–water partition coefficient (Wildman–Crippen LogP) is 1.86. The van der Waals surface area contributed by atoms with Crippen molar-refractivity contribution in [2.75, 3.05) is 19.6 Å². The number of hydrogen-bond donors (Lipinski definition) is 0. The number of para-hydroxylation sites is 1. The lowest BCUT2D eigenvalue weighted by Crippen LogP contribution is -2.28. The van der Waals surface area contributed by atoms with Gasteiger partial charge in [0.05, 0.1) is 22.7 Å². The van der Waals surface area contributed by atoms with Gasteiger partial charge in [-0.05, 0) is 12.1 Å². The van der Waals surface area contributed by atoms with E-state index < -0.39 is 12.1 Å². The quantitative estimate of drug-likeness (QED) is 0.603. The summed E-state index contributed by atoms with van der Waals surface area (Å²) in [5, 5.41) is 0. The maximum absolute atomic E-state index is 11.9. The molecule has 5 nitrogen and oxygen atoms in total. The van der Waals surface area contributed by atoms with E-state index in [1.54, 1.807) is 6.07 Å². The SMILES string of the molecule is COC[C@H](CCl)OC(=O)Cn1c(=O)sc2ccccc21. The van der Waals surface area contributed by atoms with E-state index in [0.717, 1.165) is 21.6 Å². The molecule has 0 spiro atoms.